The van der Waals surface area contributed by atoms with Gasteiger partial charge in [0, 0.05) is 18.0 Å². The van der Waals surface area contributed by atoms with Crippen molar-refractivity contribution in [3.63, 3.8) is 0 Å². The first-order valence-electron chi connectivity index (χ1n) is 9.77. The molecule has 3 N–H and O–H groups in total. The summed E-state index contributed by atoms with van der Waals surface area (Å²) in [5.41, 5.74) is -1.01. The van der Waals surface area contributed by atoms with Crippen molar-refractivity contribution in [3.8, 4) is 0 Å². The van der Waals surface area contributed by atoms with Crippen LogP contribution in [0.25, 0.3) is 0 Å². The molecule has 1 saturated heterocycles. The zero-order valence-corrected chi connectivity index (χ0v) is 20.1. The zero-order valence-electron chi connectivity index (χ0n) is 17.0. The Balaban J connectivity index is 0.00000420. The number of alkyl halides is 3. The third-order valence-electron chi connectivity index (χ3n) is 4.90. The Morgan fingerprint density at radius 2 is 2.00 bits per heavy atom. The average molecular weight is 548 g/mol. The van der Waals surface area contributed by atoms with Gasteiger partial charge in [-0.1, -0.05) is 6.07 Å². The summed E-state index contributed by atoms with van der Waals surface area (Å²) >= 11 is 1.50. The summed E-state index contributed by atoms with van der Waals surface area (Å²) in [5, 5.41) is 19.0. The number of nitrogens with zero attached hydrogens (tertiary/aromatic N) is 2. The highest BCUT2D eigenvalue weighted by atomic mass is 127. The smallest absolute Gasteiger partial charge is 0.383 e. The van der Waals surface area contributed by atoms with Gasteiger partial charge in [0.1, 0.15) is 5.60 Å². The van der Waals surface area contributed by atoms with Crippen LogP contribution in [0.2, 0.25) is 0 Å². The van der Waals surface area contributed by atoms with E-state index in [0.29, 0.717) is 38.1 Å². The van der Waals surface area contributed by atoms with Crippen LogP contribution in [0, 0.1) is 5.92 Å². The van der Waals surface area contributed by atoms with Crippen LogP contribution >= 0.6 is 35.3 Å². The molecule has 168 valence electrons. The minimum Gasteiger partial charge on any atom is -0.383 e. The standard InChI is InChI=1S/C19H31F3N4OS.HI/c1-3-23-17(25-13-18(2,27)16-5-4-12-28-16)24-9-6-15-7-10-26(11-8-15)14-19(20,21)22;/h4-5,12,15,27H,3,6-11,13-14H2,1-2H3,(H2,23,24,25);1H. The highest BCUT2D eigenvalue weighted by Gasteiger charge is 2.32. The van der Waals surface area contributed by atoms with Crippen LogP contribution in [-0.2, 0) is 5.60 Å². The van der Waals surface area contributed by atoms with Crippen molar-refractivity contribution in [2.75, 3.05) is 39.3 Å². The topological polar surface area (TPSA) is 59.9 Å². The Kier molecular flexibility index (Phi) is 11.2. The van der Waals surface area contributed by atoms with Crippen molar-refractivity contribution in [1.82, 2.24) is 15.5 Å². The highest BCUT2D eigenvalue weighted by Crippen LogP contribution is 2.26. The highest BCUT2D eigenvalue weighted by molar-refractivity contribution is 14.0. The van der Waals surface area contributed by atoms with E-state index in [-0.39, 0.29) is 30.5 Å². The van der Waals surface area contributed by atoms with Crippen LogP contribution in [-0.4, -0.2) is 61.4 Å². The van der Waals surface area contributed by atoms with Crippen molar-refractivity contribution in [2.45, 2.75) is 44.9 Å². The largest absolute Gasteiger partial charge is 0.401 e. The summed E-state index contributed by atoms with van der Waals surface area (Å²) in [4.78, 5) is 6.86. The number of hydrogen-bond acceptors (Lipinski definition) is 4. The number of guanidine groups is 1. The number of aliphatic imine (C=N–C) groups is 1. The lowest BCUT2D eigenvalue weighted by atomic mass is 9.93. The maximum absolute atomic E-state index is 12.5. The number of nitrogens with one attached hydrogen (secondary N) is 2. The first kappa shape index (κ1) is 26.4. The molecule has 2 rings (SSSR count). The molecule has 0 radical (unpaired) electrons. The Morgan fingerprint density at radius 1 is 1.31 bits per heavy atom. The van der Waals surface area contributed by atoms with Gasteiger partial charge in [-0.2, -0.15) is 13.2 Å². The van der Waals surface area contributed by atoms with E-state index in [1.165, 1.54) is 16.2 Å². The fourth-order valence-corrected chi connectivity index (χ4v) is 4.10. The maximum atomic E-state index is 12.5. The Labute approximate surface area is 192 Å². The van der Waals surface area contributed by atoms with Gasteiger partial charge in [0.25, 0.3) is 0 Å². The zero-order chi connectivity index (χ0) is 20.6. The van der Waals surface area contributed by atoms with Crippen LogP contribution in [0.5, 0.6) is 0 Å². The summed E-state index contributed by atoms with van der Waals surface area (Å²) in [6.07, 6.45) is -1.64. The van der Waals surface area contributed by atoms with E-state index >= 15 is 0 Å². The van der Waals surface area contributed by atoms with E-state index < -0.39 is 18.3 Å². The summed E-state index contributed by atoms with van der Waals surface area (Å²) in [7, 11) is 0. The lowest BCUT2D eigenvalue weighted by Gasteiger charge is -2.32. The molecular formula is C19H32F3IN4OS. The molecule has 0 aliphatic carbocycles. The van der Waals surface area contributed by atoms with Gasteiger partial charge in [-0.25, -0.2) is 4.99 Å². The predicted octanol–water partition coefficient (Wildman–Crippen LogP) is 3.79. The lowest BCUT2D eigenvalue weighted by molar-refractivity contribution is -0.148. The monoisotopic (exact) mass is 548 g/mol. The molecule has 1 unspecified atom stereocenters. The van der Waals surface area contributed by atoms with Gasteiger partial charge in [0.05, 0.1) is 13.1 Å². The van der Waals surface area contributed by atoms with Crippen molar-refractivity contribution in [1.29, 1.82) is 0 Å². The van der Waals surface area contributed by atoms with Gasteiger partial charge in [-0.05, 0) is 63.6 Å². The number of piperidine rings is 1. The van der Waals surface area contributed by atoms with Crippen LogP contribution in [0.15, 0.2) is 22.5 Å². The van der Waals surface area contributed by atoms with Crippen molar-refractivity contribution < 1.29 is 18.3 Å². The third kappa shape index (κ3) is 9.84. The number of hydrogen-bond donors (Lipinski definition) is 3. The summed E-state index contributed by atoms with van der Waals surface area (Å²) < 4.78 is 37.4. The molecule has 10 heteroatoms. The molecule has 1 aliphatic rings. The molecule has 0 aromatic carbocycles. The molecule has 0 spiro atoms. The average Bonchev–Trinajstić information content (AvgIpc) is 3.15. The van der Waals surface area contributed by atoms with Crippen LogP contribution < -0.4 is 10.6 Å². The fraction of sp³-hybridized carbons (Fsp3) is 0.737. The Hall–Kier alpha value is -0.590. The molecular weight excluding hydrogens is 516 g/mol. The second-order valence-corrected chi connectivity index (χ2v) is 8.44. The SMILES string of the molecule is CCNC(=NCC(C)(O)c1cccs1)NCCC1CCN(CC(F)(F)F)CC1.I. The predicted molar refractivity (Wildman–Crippen MR) is 123 cm³/mol. The van der Waals surface area contributed by atoms with E-state index in [9.17, 15) is 18.3 Å². The molecule has 2 heterocycles. The Bertz CT molecular complexity index is 603. The number of rotatable bonds is 8. The Morgan fingerprint density at radius 3 is 2.55 bits per heavy atom. The van der Waals surface area contributed by atoms with Crippen LogP contribution in [0.3, 0.4) is 0 Å². The van der Waals surface area contributed by atoms with Crippen molar-refractivity contribution in [3.05, 3.63) is 22.4 Å². The van der Waals surface area contributed by atoms with E-state index in [0.717, 1.165) is 24.1 Å². The molecule has 1 aromatic heterocycles. The van der Waals surface area contributed by atoms with Gasteiger partial charge in [0.15, 0.2) is 5.96 Å². The molecule has 1 atom stereocenters. The van der Waals surface area contributed by atoms with E-state index in [1.54, 1.807) is 6.92 Å². The molecule has 5 nitrogen and oxygen atoms in total. The van der Waals surface area contributed by atoms with Crippen LogP contribution in [0.4, 0.5) is 13.2 Å². The minimum absolute atomic E-state index is 0. The normalized spacial score (nSPS) is 18.8. The summed E-state index contributed by atoms with van der Waals surface area (Å²) in [5.74, 6) is 1.07. The van der Waals surface area contributed by atoms with Crippen molar-refractivity contribution in [2.24, 2.45) is 10.9 Å². The number of thiophene rings is 1. The molecule has 1 aromatic rings. The molecule has 29 heavy (non-hydrogen) atoms. The molecule has 0 amide bonds. The first-order valence-corrected chi connectivity index (χ1v) is 10.6. The maximum Gasteiger partial charge on any atom is 0.401 e. The molecule has 1 fully saturated rings. The van der Waals surface area contributed by atoms with E-state index in [4.69, 9.17) is 0 Å². The molecule has 0 bridgehead atoms. The van der Waals surface area contributed by atoms with Gasteiger partial charge in [-0.3, -0.25) is 4.90 Å². The summed E-state index contributed by atoms with van der Waals surface area (Å²) in [6, 6.07) is 3.80. The quantitative estimate of drug-likeness (QED) is 0.263. The second kappa shape index (κ2) is 12.3. The second-order valence-electron chi connectivity index (χ2n) is 7.50. The van der Waals surface area contributed by atoms with E-state index in [2.05, 4.69) is 15.6 Å². The van der Waals surface area contributed by atoms with Crippen LogP contribution in [0.1, 0.15) is 38.0 Å². The number of aliphatic hydroxyl groups is 1. The summed E-state index contributed by atoms with van der Waals surface area (Å²) in [6.45, 7) is 5.59. The first-order chi connectivity index (χ1) is 13.2. The minimum atomic E-state index is -4.12. The molecule has 0 saturated carbocycles. The fourth-order valence-electron chi connectivity index (χ4n) is 3.32. The van der Waals surface area contributed by atoms with Gasteiger partial charge in [0.2, 0.25) is 0 Å². The van der Waals surface area contributed by atoms with Gasteiger partial charge >= 0.3 is 6.18 Å². The lowest BCUT2D eigenvalue weighted by Crippen LogP contribution is -2.42. The third-order valence-corrected chi connectivity index (χ3v) is 6.02. The van der Waals surface area contributed by atoms with E-state index in [1.807, 2.05) is 24.4 Å². The number of likely N-dealkylation sites (tertiary alicyclic amines) is 1. The van der Waals surface area contributed by atoms with Crippen molar-refractivity contribution >= 4 is 41.3 Å². The number of halogens is 4. The molecule has 1 aliphatic heterocycles. The van der Waals surface area contributed by atoms with Gasteiger partial charge in [-0.15, -0.1) is 35.3 Å². The van der Waals surface area contributed by atoms with Gasteiger partial charge < -0.3 is 15.7 Å².